The highest BCUT2D eigenvalue weighted by atomic mass is 16.2. The van der Waals surface area contributed by atoms with Gasteiger partial charge in [-0.3, -0.25) is 18.8 Å². The van der Waals surface area contributed by atoms with Crippen LogP contribution in [-0.4, -0.2) is 25.2 Å². The minimum Gasteiger partial charge on any atom is -0.309 e. The number of nitrogens with zero attached hydrogens (tertiary/aromatic N) is 4. The summed E-state index contributed by atoms with van der Waals surface area (Å²) in [6.45, 7) is 5.23. The predicted octanol–water partition coefficient (Wildman–Crippen LogP) is 0.541. The molecule has 2 heterocycles. The molecule has 0 fully saturated rings. The van der Waals surface area contributed by atoms with Crippen molar-refractivity contribution in [2.75, 3.05) is 5.32 Å². The number of hydrogen-bond acceptors (Lipinski definition) is 4. The molecule has 7 heteroatoms. The second-order valence-corrected chi connectivity index (χ2v) is 4.73. The summed E-state index contributed by atoms with van der Waals surface area (Å²) >= 11 is 0. The fourth-order valence-electron chi connectivity index (χ4n) is 1.85. The summed E-state index contributed by atoms with van der Waals surface area (Å²) in [7, 11) is 1.74. The monoisotopic (exact) mass is 275 g/mol. The molecule has 0 unspecified atom stereocenters. The Labute approximate surface area is 116 Å². The molecule has 0 saturated heterocycles. The van der Waals surface area contributed by atoms with Gasteiger partial charge in [-0.25, -0.2) is 4.98 Å². The van der Waals surface area contributed by atoms with Crippen LogP contribution in [0.5, 0.6) is 0 Å². The van der Waals surface area contributed by atoms with Crippen molar-refractivity contribution in [2.24, 2.45) is 7.05 Å². The van der Waals surface area contributed by atoms with E-state index in [-0.39, 0.29) is 18.0 Å². The Morgan fingerprint density at radius 2 is 2.05 bits per heavy atom. The van der Waals surface area contributed by atoms with Gasteiger partial charge in [-0.2, -0.15) is 5.10 Å². The van der Waals surface area contributed by atoms with E-state index in [9.17, 15) is 9.59 Å². The van der Waals surface area contributed by atoms with Crippen LogP contribution in [0.1, 0.15) is 17.0 Å². The van der Waals surface area contributed by atoms with Gasteiger partial charge in [0.25, 0.3) is 5.56 Å². The molecule has 0 aromatic carbocycles. The zero-order chi connectivity index (χ0) is 14.9. The topological polar surface area (TPSA) is 81.8 Å². The van der Waals surface area contributed by atoms with Gasteiger partial charge in [0.1, 0.15) is 12.4 Å². The van der Waals surface area contributed by atoms with Gasteiger partial charge in [-0.05, 0) is 20.8 Å². The smallest absolute Gasteiger partial charge is 0.256 e. The van der Waals surface area contributed by atoms with Crippen LogP contribution in [0.3, 0.4) is 0 Å². The number of rotatable bonds is 3. The summed E-state index contributed by atoms with van der Waals surface area (Å²) in [5.74, 6) is 0.303. The van der Waals surface area contributed by atoms with E-state index in [1.807, 2.05) is 6.92 Å². The number of aryl methyl sites for hydroxylation is 3. The van der Waals surface area contributed by atoms with Crippen molar-refractivity contribution < 1.29 is 4.79 Å². The maximum Gasteiger partial charge on any atom is 0.256 e. The van der Waals surface area contributed by atoms with Crippen molar-refractivity contribution in [3.63, 3.8) is 0 Å². The number of amides is 1. The summed E-state index contributed by atoms with van der Waals surface area (Å²) in [6.07, 6.45) is 1.39. The molecule has 0 aliphatic rings. The van der Waals surface area contributed by atoms with Crippen molar-refractivity contribution in [2.45, 2.75) is 27.3 Å². The van der Waals surface area contributed by atoms with Crippen LogP contribution in [0, 0.1) is 20.8 Å². The van der Waals surface area contributed by atoms with Crippen LogP contribution in [-0.2, 0) is 18.4 Å². The highest BCUT2D eigenvalue weighted by Gasteiger charge is 2.10. The number of carbonyl (C=O) groups excluding carboxylic acids is 1. The first kappa shape index (κ1) is 14.0. The van der Waals surface area contributed by atoms with Crippen molar-refractivity contribution >= 4 is 11.7 Å². The van der Waals surface area contributed by atoms with Gasteiger partial charge in [0.15, 0.2) is 0 Å². The lowest BCUT2D eigenvalue weighted by atomic mass is 10.3. The van der Waals surface area contributed by atoms with Gasteiger partial charge in [-0.1, -0.05) is 0 Å². The minimum atomic E-state index is -0.292. The van der Waals surface area contributed by atoms with Gasteiger partial charge < -0.3 is 5.32 Å². The maximum atomic E-state index is 12.0. The quantitative estimate of drug-likeness (QED) is 0.886. The number of aromatic nitrogens is 4. The van der Waals surface area contributed by atoms with Crippen LogP contribution in [0.15, 0.2) is 17.2 Å². The highest BCUT2D eigenvalue weighted by Crippen LogP contribution is 2.07. The van der Waals surface area contributed by atoms with Crippen LogP contribution in [0.25, 0.3) is 0 Å². The standard InChI is InChI=1S/C13H17N5O2/c1-8-5-11(17(4)16-8)15-12(19)6-18-7-14-10(3)9(2)13(18)20/h5,7H,6H2,1-4H3,(H,15,19). The van der Waals surface area contributed by atoms with E-state index in [0.717, 1.165) is 5.69 Å². The molecular weight excluding hydrogens is 258 g/mol. The van der Waals surface area contributed by atoms with Gasteiger partial charge >= 0.3 is 0 Å². The van der Waals surface area contributed by atoms with E-state index in [1.165, 1.54) is 10.9 Å². The third kappa shape index (κ3) is 2.76. The summed E-state index contributed by atoms with van der Waals surface area (Å²) in [5.41, 5.74) is 1.84. The van der Waals surface area contributed by atoms with Gasteiger partial charge in [-0.15, -0.1) is 0 Å². The first-order valence-electron chi connectivity index (χ1n) is 6.21. The Morgan fingerprint density at radius 3 is 2.65 bits per heavy atom. The third-order valence-corrected chi connectivity index (χ3v) is 3.10. The molecule has 2 rings (SSSR count). The van der Waals surface area contributed by atoms with Gasteiger partial charge in [0.05, 0.1) is 12.0 Å². The fraction of sp³-hybridized carbons (Fsp3) is 0.385. The molecule has 0 aliphatic heterocycles. The Balaban J connectivity index is 2.15. The van der Waals surface area contributed by atoms with Crippen molar-refractivity contribution in [3.05, 3.63) is 39.7 Å². The molecule has 0 aliphatic carbocycles. The zero-order valence-corrected chi connectivity index (χ0v) is 12.0. The molecule has 106 valence electrons. The van der Waals surface area contributed by atoms with E-state index >= 15 is 0 Å². The van der Waals surface area contributed by atoms with Crippen LogP contribution in [0.4, 0.5) is 5.82 Å². The summed E-state index contributed by atoms with van der Waals surface area (Å²) in [4.78, 5) is 28.0. The molecule has 7 nitrogen and oxygen atoms in total. The molecule has 0 radical (unpaired) electrons. The Kier molecular flexibility index (Phi) is 3.69. The van der Waals surface area contributed by atoms with E-state index in [1.54, 1.807) is 31.6 Å². The number of anilines is 1. The molecular formula is C13H17N5O2. The molecule has 2 aromatic rings. The molecule has 0 saturated carbocycles. The summed E-state index contributed by atoms with van der Waals surface area (Å²) < 4.78 is 2.87. The first-order chi connectivity index (χ1) is 9.38. The summed E-state index contributed by atoms with van der Waals surface area (Å²) in [5, 5.41) is 6.85. The Hall–Kier alpha value is -2.44. The Bertz CT molecular complexity index is 714. The average Bonchev–Trinajstić information content (AvgIpc) is 2.68. The SMILES string of the molecule is Cc1cc(NC(=O)Cn2cnc(C)c(C)c2=O)n(C)n1. The molecule has 0 bridgehead atoms. The molecule has 1 N–H and O–H groups in total. The first-order valence-corrected chi connectivity index (χ1v) is 6.21. The van der Waals surface area contributed by atoms with E-state index in [2.05, 4.69) is 15.4 Å². The predicted molar refractivity (Wildman–Crippen MR) is 74.5 cm³/mol. The zero-order valence-electron chi connectivity index (χ0n) is 12.0. The molecule has 0 atom stereocenters. The van der Waals surface area contributed by atoms with E-state index in [4.69, 9.17) is 0 Å². The number of hydrogen-bond donors (Lipinski definition) is 1. The second kappa shape index (κ2) is 5.28. The number of nitrogens with one attached hydrogen (secondary N) is 1. The van der Waals surface area contributed by atoms with Crippen LogP contribution < -0.4 is 10.9 Å². The minimum absolute atomic E-state index is 0.0722. The van der Waals surface area contributed by atoms with Crippen molar-refractivity contribution in [1.82, 2.24) is 19.3 Å². The molecule has 20 heavy (non-hydrogen) atoms. The number of carbonyl (C=O) groups is 1. The average molecular weight is 275 g/mol. The van der Waals surface area contributed by atoms with Crippen LogP contribution >= 0.6 is 0 Å². The lowest BCUT2D eigenvalue weighted by Gasteiger charge is -2.08. The highest BCUT2D eigenvalue weighted by molar-refractivity contribution is 5.89. The fourth-order valence-corrected chi connectivity index (χ4v) is 1.85. The maximum absolute atomic E-state index is 12.0. The van der Waals surface area contributed by atoms with E-state index < -0.39 is 0 Å². The second-order valence-electron chi connectivity index (χ2n) is 4.73. The lowest BCUT2D eigenvalue weighted by molar-refractivity contribution is -0.116. The van der Waals surface area contributed by atoms with Crippen molar-refractivity contribution in [1.29, 1.82) is 0 Å². The van der Waals surface area contributed by atoms with E-state index in [0.29, 0.717) is 17.1 Å². The summed E-state index contributed by atoms with van der Waals surface area (Å²) in [6, 6.07) is 1.76. The Morgan fingerprint density at radius 1 is 1.35 bits per heavy atom. The lowest BCUT2D eigenvalue weighted by Crippen LogP contribution is -2.30. The normalized spacial score (nSPS) is 10.6. The third-order valence-electron chi connectivity index (χ3n) is 3.10. The van der Waals surface area contributed by atoms with Crippen LogP contribution in [0.2, 0.25) is 0 Å². The molecule has 1 amide bonds. The molecule has 2 aromatic heterocycles. The largest absolute Gasteiger partial charge is 0.309 e. The van der Waals surface area contributed by atoms with Gasteiger partial charge in [0, 0.05) is 24.4 Å². The van der Waals surface area contributed by atoms with Crippen molar-refractivity contribution in [3.8, 4) is 0 Å². The van der Waals surface area contributed by atoms with Gasteiger partial charge in [0.2, 0.25) is 5.91 Å². The molecule has 0 spiro atoms.